The van der Waals surface area contributed by atoms with E-state index in [-0.39, 0.29) is 12.1 Å². The molecule has 0 radical (unpaired) electrons. The molecule has 1 amide bonds. The number of ether oxygens (including phenoxy) is 1. The molecule has 0 spiro atoms. The van der Waals surface area contributed by atoms with Gasteiger partial charge in [0.2, 0.25) is 0 Å². The Kier molecular flexibility index (Phi) is 6.11. The topological polar surface area (TPSA) is 55.4 Å². The van der Waals surface area contributed by atoms with Crippen LogP contribution in [0, 0.1) is 11.6 Å². The minimum Gasteiger partial charge on any atom is -0.455 e. The van der Waals surface area contributed by atoms with Crippen molar-refractivity contribution in [1.82, 2.24) is 0 Å². The number of anilines is 1. The van der Waals surface area contributed by atoms with E-state index in [4.69, 9.17) is 27.9 Å². The molecule has 0 aliphatic rings. The molecule has 0 bridgehead atoms. The predicted molar refractivity (Wildman–Crippen MR) is 86.1 cm³/mol. The molecule has 2 aromatic carbocycles. The second kappa shape index (κ2) is 8.08. The third-order valence-corrected chi connectivity index (χ3v) is 3.64. The summed E-state index contributed by atoms with van der Waals surface area (Å²) < 4.78 is 31.1. The van der Waals surface area contributed by atoms with E-state index in [9.17, 15) is 18.4 Å². The SMILES string of the molecule is O=C(COC(=O)Cc1ccc(Cl)c(Cl)c1)Nc1cc(F)ccc1F. The van der Waals surface area contributed by atoms with Gasteiger partial charge in [0, 0.05) is 6.07 Å². The Hall–Kier alpha value is -2.18. The lowest BCUT2D eigenvalue weighted by molar-refractivity contribution is -0.146. The van der Waals surface area contributed by atoms with Crippen molar-refractivity contribution in [1.29, 1.82) is 0 Å². The summed E-state index contributed by atoms with van der Waals surface area (Å²) in [6.45, 7) is -0.629. The van der Waals surface area contributed by atoms with Crippen LogP contribution in [0.2, 0.25) is 10.0 Å². The summed E-state index contributed by atoms with van der Waals surface area (Å²) in [6.07, 6.45) is -0.113. The smallest absolute Gasteiger partial charge is 0.310 e. The van der Waals surface area contributed by atoms with Crippen molar-refractivity contribution in [2.24, 2.45) is 0 Å². The van der Waals surface area contributed by atoms with Gasteiger partial charge in [-0.25, -0.2) is 8.78 Å². The number of nitrogens with one attached hydrogen (secondary N) is 1. The molecule has 0 aliphatic carbocycles. The van der Waals surface area contributed by atoms with E-state index >= 15 is 0 Å². The molecule has 0 unspecified atom stereocenters. The van der Waals surface area contributed by atoms with Crippen LogP contribution < -0.4 is 5.32 Å². The lowest BCUT2D eigenvalue weighted by Crippen LogP contribution is -2.22. The summed E-state index contributed by atoms with van der Waals surface area (Å²) in [5.41, 5.74) is 0.228. The van der Waals surface area contributed by atoms with Crippen LogP contribution in [0.3, 0.4) is 0 Å². The number of rotatable bonds is 5. The first kappa shape index (κ1) is 18.2. The third-order valence-electron chi connectivity index (χ3n) is 2.90. The normalized spacial score (nSPS) is 10.3. The lowest BCUT2D eigenvalue weighted by atomic mass is 10.1. The van der Waals surface area contributed by atoms with Crippen LogP contribution in [0.5, 0.6) is 0 Å². The highest BCUT2D eigenvalue weighted by molar-refractivity contribution is 6.42. The summed E-state index contributed by atoms with van der Waals surface area (Å²) in [5, 5.41) is 2.76. The molecule has 0 saturated heterocycles. The molecule has 0 saturated carbocycles. The van der Waals surface area contributed by atoms with Gasteiger partial charge in [-0.1, -0.05) is 29.3 Å². The second-order valence-corrected chi connectivity index (χ2v) is 5.57. The van der Waals surface area contributed by atoms with Gasteiger partial charge < -0.3 is 10.1 Å². The quantitative estimate of drug-likeness (QED) is 0.806. The average molecular weight is 374 g/mol. The number of carbonyl (C=O) groups is 2. The molecule has 0 atom stereocenters. The Labute approximate surface area is 146 Å². The van der Waals surface area contributed by atoms with Gasteiger partial charge in [0.05, 0.1) is 22.2 Å². The van der Waals surface area contributed by atoms with Gasteiger partial charge in [0.25, 0.3) is 5.91 Å². The lowest BCUT2D eigenvalue weighted by Gasteiger charge is -2.08. The standard InChI is InChI=1S/C16H11Cl2F2NO3/c17-11-3-1-9(5-12(11)18)6-16(23)24-8-15(22)21-14-7-10(19)2-4-13(14)20/h1-5,7H,6,8H2,(H,21,22). The van der Waals surface area contributed by atoms with Crippen LogP contribution in [0.1, 0.15) is 5.56 Å². The molecular weight excluding hydrogens is 363 g/mol. The second-order valence-electron chi connectivity index (χ2n) is 4.76. The zero-order valence-electron chi connectivity index (χ0n) is 12.1. The number of amides is 1. The first-order valence-electron chi connectivity index (χ1n) is 6.69. The van der Waals surface area contributed by atoms with Crippen molar-refractivity contribution in [2.45, 2.75) is 6.42 Å². The van der Waals surface area contributed by atoms with Gasteiger partial charge in [-0.15, -0.1) is 0 Å². The Morgan fingerprint density at radius 2 is 1.79 bits per heavy atom. The third kappa shape index (κ3) is 5.18. The summed E-state index contributed by atoms with van der Waals surface area (Å²) in [5.74, 6) is -2.97. The van der Waals surface area contributed by atoms with Crippen LogP contribution in [-0.4, -0.2) is 18.5 Å². The van der Waals surface area contributed by atoms with Gasteiger partial charge in [-0.2, -0.15) is 0 Å². The monoisotopic (exact) mass is 373 g/mol. The van der Waals surface area contributed by atoms with Crippen LogP contribution in [0.4, 0.5) is 14.5 Å². The van der Waals surface area contributed by atoms with Crippen molar-refractivity contribution >= 4 is 40.8 Å². The molecule has 0 heterocycles. The Balaban J connectivity index is 1.85. The maximum atomic E-state index is 13.4. The fourth-order valence-corrected chi connectivity index (χ4v) is 2.11. The first-order valence-corrected chi connectivity index (χ1v) is 7.45. The largest absolute Gasteiger partial charge is 0.455 e. The summed E-state index contributed by atoms with van der Waals surface area (Å²) in [4.78, 5) is 23.3. The fourth-order valence-electron chi connectivity index (χ4n) is 1.79. The van der Waals surface area contributed by atoms with E-state index in [1.54, 1.807) is 6.07 Å². The predicted octanol–water partition coefficient (Wildman–Crippen LogP) is 4.00. The molecule has 8 heteroatoms. The van der Waals surface area contributed by atoms with Crippen molar-refractivity contribution in [3.8, 4) is 0 Å². The van der Waals surface area contributed by atoms with Gasteiger partial charge in [0.1, 0.15) is 11.6 Å². The van der Waals surface area contributed by atoms with Gasteiger partial charge >= 0.3 is 5.97 Å². The average Bonchev–Trinajstić information content (AvgIpc) is 2.52. The van der Waals surface area contributed by atoms with Crippen molar-refractivity contribution in [2.75, 3.05) is 11.9 Å². The Morgan fingerprint density at radius 3 is 2.50 bits per heavy atom. The number of benzene rings is 2. The summed E-state index contributed by atoms with van der Waals surface area (Å²) in [7, 11) is 0. The number of hydrogen-bond acceptors (Lipinski definition) is 3. The summed E-state index contributed by atoms with van der Waals surface area (Å²) in [6, 6.07) is 7.26. The highest BCUT2D eigenvalue weighted by Crippen LogP contribution is 2.22. The molecule has 126 valence electrons. The van der Waals surface area contributed by atoms with E-state index in [0.29, 0.717) is 15.6 Å². The number of carbonyl (C=O) groups excluding carboxylic acids is 2. The van der Waals surface area contributed by atoms with E-state index < -0.39 is 30.1 Å². The molecule has 2 rings (SSSR count). The maximum Gasteiger partial charge on any atom is 0.310 e. The van der Waals surface area contributed by atoms with Crippen molar-refractivity contribution in [3.05, 3.63) is 63.6 Å². The zero-order chi connectivity index (χ0) is 17.7. The number of esters is 1. The van der Waals surface area contributed by atoms with Crippen molar-refractivity contribution in [3.63, 3.8) is 0 Å². The van der Waals surface area contributed by atoms with Gasteiger partial charge in [0.15, 0.2) is 6.61 Å². The van der Waals surface area contributed by atoms with E-state index in [1.165, 1.54) is 12.1 Å². The van der Waals surface area contributed by atoms with E-state index in [1.807, 2.05) is 0 Å². The van der Waals surface area contributed by atoms with Crippen LogP contribution in [-0.2, 0) is 20.7 Å². The Bertz CT molecular complexity index is 784. The highest BCUT2D eigenvalue weighted by atomic mass is 35.5. The molecule has 2 aromatic rings. The summed E-state index contributed by atoms with van der Waals surface area (Å²) >= 11 is 11.6. The molecular formula is C16H11Cl2F2NO3. The van der Waals surface area contributed by atoms with Crippen LogP contribution in [0.25, 0.3) is 0 Å². The van der Waals surface area contributed by atoms with Gasteiger partial charge in [-0.3, -0.25) is 9.59 Å². The highest BCUT2D eigenvalue weighted by Gasteiger charge is 2.12. The fraction of sp³-hybridized carbons (Fsp3) is 0.125. The van der Waals surface area contributed by atoms with Gasteiger partial charge in [-0.05, 0) is 29.8 Å². The maximum absolute atomic E-state index is 13.4. The minimum atomic E-state index is -0.799. The molecule has 0 aliphatic heterocycles. The van der Waals surface area contributed by atoms with Crippen LogP contribution >= 0.6 is 23.2 Å². The van der Waals surface area contributed by atoms with E-state index in [2.05, 4.69) is 5.32 Å². The van der Waals surface area contributed by atoms with Crippen LogP contribution in [0.15, 0.2) is 36.4 Å². The molecule has 4 nitrogen and oxygen atoms in total. The number of hydrogen-bond donors (Lipinski definition) is 1. The van der Waals surface area contributed by atoms with Crippen molar-refractivity contribution < 1.29 is 23.1 Å². The zero-order valence-corrected chi connectivity index (χ0v) is 13.6. The molecule has 0 aromatic heterocycles. The molecule has 1 N–H and O–H groups in total. The molecule has 0 fully saturated rings. The molecule has 24 heavy (non-hydrogen) atoms. The van der Waals surface area contributed by atoms with E-state index in [0.717, 1.165) is 18.2 Å². The number of halogens is 4. The first-order chi connectivity index (χ1) is 11.3. The Morgan fingerprint density at radius 1 is 1.04 bits per heavy atom. The minimum absolute atomic E-state index is 0.113.